The largest absolute Gasteiger partial charge is 0.493 e. The van der Waals surface area contributed by atoms with E-state index in [1.165, 1.54) is 19.3 Å². The zero-order chi connectivity index (χ0) is 13.7. The molecule has 19 heavy (non-hydrogen) atoms. The standard InChI is InChI=1S/C16H21NO2/c1-18-15-9-8-13(10-16(15)19-2)14(11-17)12-6-4-3-5-7-12/h8-10,12,14H,3-7H2,1-2H3. The van der Waals surface area contributed by atoms with Crippen molar-refractivity contribution in [1.82, 2.24) is 0 Å². The molecule has 0 heterocycles. The van der Waals surface area contributed by atoms with Crippen LogP contribution in [0.1, 0.15) is 43.6 Å². The van der Waals surface area contributed by atoms with Crippen molar-refractivity contribution in [3.63, 3.8) is 0 Å². The minimum Gasteiger partial charge on any atom is -0.493 e. The molecule has 1 unspecified atom stereocenters. The van der Waals surface area contributed by atoms with Crippen molar-refractivity contribution in [1.29, 1.82) is 5.26 Å². The molecule has 102 valence electrons. The Kier molecular flexibility index (Phi) is 4.68. The van der Waals surface area contributed by atoms with Crippen molar-refractivity contribution < 1.29 is 9.47 Å². The predicted molar refractivity (Wildman–Crippen MR) is 74.5 cm³/mol. The number of ether oxygens (including phenoxy) is 2. The lowest BCUT2D eigenvalue weighted by atomic mass is 9.77. The Labute approximate surface area is 115 Å². The number of benzene rings is 1. The van der Waals surface area contributed by atoms with Crippen LogP contribution in [0.25, 0.3) is 0 Å². The predicted octanol–water partition coefficient (Wildman–Crippen LogP) is 3.89. The maximum absolute atomic E-state index is 9.50. The van der Waals surface area contributed by atoms with Gasteiger partial charge in [0.1, 0.15) is 0 Å². The van der Waals surface area contributed by atoms with Crippen LogP contribution in [0.5, 0.6) is 11.5 Å². The van der Waals surface area contributed by atoms with Crippen LogP contribution < -0.4 is 9.47 Å². The Hall–Kier alpha value is -1.69. The van der Waals surface area contributed by atoms with E-state index in [1.54, 1.807) is 14.2 Å². The van der Waals surface area contributed by atoms with E-state index in [0.717, 1.165) is 18.4 Å². The third-order valence-electron chi connectivity index (χ3n) is 4.03. The van der Waals surface area contributed by atoms with Gasteiger partial charge in [-0.15, -0.1) is 0 Å². The number of rotatable bonds is 4. The molecule has 1 aromatic carbocycles. The van der Waals surface area contributed by atoms with E-state index in [-0.39, 0.29) is 5.92 Å². The van der Waals surface area contributed by atoms with Gasteiger partial charge < -0.3 is 9.47 Å². The maximum Gasteiger partial charge on any atom is 0.161 e. The van der Waals surface area contributed by atoms with Crippen LogP contribution in [-0.2, 0) is 0 Å². The lowest BCUT2D eigenvalue weighted by Gasteiger charge is -2.26. The number of nitriles is 1. The molecule has 3 nitrogen and oxygen atoms in total. The summed E-state index contributed by atoms with van der Waals surface area (Å²) < 4.78 is 10.6. The molecule has 0 amide bonds. The molecule has 1 atom stereocenters. The Morgan fingerprint density at radius 3 is 2.37 bits per heavy atom. The summed E-state index contributed by atoms with van der Waals surface area (Å²) in [4.78, 5) is 0. The Morgan fingerprint density at radius 1 is 1.11 bits per heavy atom. The molecule has 0 aromatic heterocycles. The molecule has 1 aliphatic carbocycles. The fourth-order valence-electron chi connectivity index (χ4n) is 2.97. The molecule has 1 saturated carbocycles. The lowest BCUT2D eigenvalue weighted by molar-refractivity contribution is 0.332. The van der Waals surface area contributed by atoms with Gasteiger partial charge in [-0.1, -0.05) is 25.3 Å². The van der Waals surface area contributed by atoms with Gasteiger partial charge in [0.15, 0.2) is 11.5 Å². The Bertz CT molecular complexity index is 458. The van der Waals surface area contributed by atoms with E-state index >= 15 is 0 Å². The number of hydrogen-bond acceptors (Lipinski definition) is 3. The van der Waals surface area contributed by atoms with E-state index in [4.69, 9.17) is 9.47 Å². The molecule has 0 bridgehead atoms. The highest BCUT2D eigenvalue weighted by Crippen LogP contribution is 2.38. The van der Waals surface area contributed by atoms with E-state index in [2.05, 4.69) is 6.07 Å². The smallest absolute Gasteiger partial charge is 0.161 e. The van der Waals surface area contributed by atoms with Crippen LogP contribution in [0, 0.1) is 17.2 Å². The first-order valence-electron chi connectivity index (χ1n) is 6.91. The summed E-state index contributed by atoms with van der Waals surface area (Å²) >= 11 is 0. The van der Waals surface area contributed by atoms with E-state index in [9.17, 15) is 5.26 Å². The molecule has 0 N–H and O–H groups in total. The van der Waals surface area contributed by atoms with Crippen LogP contribution in [0.4, 0.5) is 0 Å². The Balaban J connectivity index is 2.25. The van der Waals surface area contributed by atoms with Gasteiger partial charge in [-0.2, -0.15) is 5.26 Å². The molecule has 1 aromatic rings. The third kappa shape index (κ3) is 3.01. The first kappa shape index (κ1) is 13.7. The first-order valence-corrected chi connectivity index (χ1v) is 6.91. The van der Waals surface area contributed by atoms with Crippen LogP contribution in [0.3, 0.4) is 0 Å². The van der Waals surface area contributed by atoms with Crippen LogP contribution >= 0.6 is 0 Å². The SMILES string of the molecule is COc1ccc(C(C#N)C2CCCCC2)cc1OC. The van der Waals surface area contributed by atoms with E-state index in [0.29, 0.717) is 17.4 Å². The minimum atomic E-state index is -0.0277. The van der Waals surface area contributed by atoms with Gasteiger partial charge in [0.05, 0.1) is 26.2 Å². The molecule has 2 rings (SSSR count). The van der Waals surface area contributed by atoms with Crippen molar-refractivity contribution in [3.8, 4) is 17.6 Å². The maximum atomic E-state index is 9.50. The zero-order valence-electron chi connectivity index (χ0n) is 11.7. The summed E-state index contributed by atoms with van der Waals surface area (Å²) in [6.07, 6.45) is 6.12. The molecule has 0 aliphatic heterocycles. The van der Waals surface area contributed by atoms with Gasteiger partial charge in [0.2, 0.25) is 0 Å². The molecule has 3 heteroatoms. The Morgan fingerprint density at radius 2 is 1.79 bits per heavy atom. The second-order valence-electron chi connectivity index (χ2n) is 5.12. The second-order valence-corrected chi connectivity index (χ2v) is 5.12. The molecule has 0 radical (unpaired) electrons. The van der Waals surface area contributed by atoms with Crippen molar-refractivity contribution in [3.05, 3.63) is 23.8 Å². The van der Waals surface area contributed by atoms with Crippen LogP contribution in [-0.4, -0.2) is 14.2 Å². The molecule has 1 aliphatic rings. The normalized spacial score (nSPS) is 17.5. The second kappa shape index (κ2) is 6.47. The lowest BCUT2D eigenvalue weighted by Crippen LogP contribution is -2.15. The van der Waals surface area contributed by atoms with E-state index in [1.807, 2.05) is 18.2 Å². The number of hydrogen-bond donors (Lipinski definition) is 0. The summed E-state index contributed by atoms with van der Waals surface area (Å²) in [5.74, 6) is 1.87. The fraction of sp³-hybridized carbons (Fsp3) is 0.562. The average molecular weight is 259 g/mol. The average Bonchev–Trinajstić information content (AvgIpc) is 2.49. The van der Waals surface area contributed by atoms with Gasteiger partial charge in [-0.05, 0) is 36.5 Å². The van der Waals surface area contributed by atoms with Crippen molar-refractivity contribution in [2.45, 2.75) is 38.0 Å². The molecule has 0 saturated heterocycles. The molecule has 1 fully saturated rings. The molecule has 0 spiro atoms. The van der Waals surface area contributed by atoms with Crippen molar-refractivity contribution >= 4 is 0 Å². The van der Waals surface area contributed by atoms with Gasteiger partial charge in [-0.25, -0.2) is 0 Å². The quantitative estimate of drug-likeness (QED) is 0.823. The topological polar surface area (TPSA) is 42.2 Å². The first-order chi connectivity index (χ1) is 9.30. The van der Waals surface area contributed by atoms with Crippen molar-refractivity contribution in [2.24, 2.45) is 5.92 Å². The third-order valence-corrected chi connectivity index (χ3v) is 4.03. The van der Waals surface area contributed by atoms with E-state index < -0.39 is 0 Å². The molecular weight excluding hydrogens is 238 g/mol. The van der Waals surface area contributed by atoms with Crippen LogP contribution in [0.15, 0.2) is 18.2 Å². The fourth-order valence-corrected chi connectivity index (χ4v) is 2.97. The van der Waals surface area contributed by atoms with Crippen LogP contribution in [0.2, 0.25) is 0 Å². The zero-order valence-corrected chi connectivity index (χ0v) is 11.7. The summed E-state index contributed by atoms with van der Waals surface area (Å²) in [5, 5.41) is 9.50. The summed E-state index contributed by atoms with van der Waals surface area (Å²) in [7, 11) is 3.25. The summed E-state index contributed by atoms with van der Waals surface area (Å²) in [6.45, 7) is 0. The van der Waals surface area contributed by atoms with Crippen molar-refractivity contribution in [2.75, 3.05) is 14.2 Å². The number of methoxy groups -OCH3 is 2. The minimum absolute atomic E-state index is 0.0277. The van der Waals surface area contributed by atoms with Gasteiger partial charge in [0, 0.05) is 0 Å². The van der Waals surface area contributed by atoms with Gasteiger partial charge in [-0.3, -0.25) is 0 Å². The summed E-state index contributed by atoms with van der Waals surface area (Å²) in [5.41, 5.74) is 1.05. The number of nitrogens with zero attached hydrogens (tertiary/aromatic N) is 1. The highest BCUT2D eigenvalue weighted by Gasteiger charge is 2.25. The van der Waals surface area contributed by atoms with Gasteiger partial charge in [0.25, 0.3) is 0 Å². The highest BCUT2D eigenvalue weighted by molar-refractivity contribution is 5.45. The summed E-state index contributed by atoms with van der Waals surface area (Å²) in [6, 6.07) is 8.31. The monoisotopic (exact) mass is 259 g/mol. The van der Waals surface area contributed by atoms with Gasteiger partial charge >= 0.3 is 0 Å². The molecular formula is C16H21NO2. The highest BCUT2D eigenvalue weighted by atomic mass is 16.5.